The molecule has 0 spiro atoms. The van der Waals surface area contributed by atoms with Crippen LogP contribution in [0.5, 0.6) is 5.75 Å². The van der Waals surface area contributed by atoms with Gasteiger partial charge in [-0.25, -0.2) is 8.42 Å². The van der Waals surface area contributed by atoms with Crippen LogP contribution in [0.4, 0.5) is 0 Å². The highest BCUT2D eigenvalue weighted by Gasteiger charge is 2.12. The van der Waals surface area contributed by atoms with Crippen molar-refractivity contribution in [3.05, 3.63) is 23.2 Å². The summed E-state index contributed by atoms with van der Waals surface area (Å²) in [5.74, 6) is 2.90. The predicted octanol–water partition coefficient (Wildman–Crippen LogP) is 3.06. The zero-order chi connectivity index (χ0) is 12.9. The van der Waals surface area contributed by atoms with Crippen LogP contribution in [0.15, 0.2) is 23.1 Å². The lowest BCUT2D eigenvalue weighted by molar-refractivity contribution is 0.313. The smallest absolute Gasteiger partial charge is 0.261 e. The van der Waals surface area contributed by atoms with Crippen LogP contribution >= 0.6 is 22.3 Å². The van der Waals surface area contributed by atoms with Crippen molar-refractivity contribution in [3.8, 4) is 18.1 Å². The lowest BCUT2D eigenvalue weighted by atomic mass is 10.3. The van der Waals surface area contributed by atoms with E-state index in [1.807, 2.05) is 0 Å². The van der Waals surface area contributed by atoms with Gasteiger partial charge in [0.2, 0.25) is 0 Å². The Morgan fingerprint density at radius 2 is 2.12 bits per heavy atom. The first-order valence-electron chi connectivity index (χ1n) is 4.75. The minimum atomic E-state index is -3.77. The molecule has 0 saturated heterocycles. The maximum absolute atomic E-state index is 11.0. The number of hydrogen-bond acceptors (Lipinski definition) is 3. The molecule has 0 aliphatic heterocycles. The van der Waals surface area contributed by atoms with Crippen molar-refractivity contribution < 1.29 is 13.2 Å². The van der Waals surface area contributed by atoms with Gasteiger partial charge in [0.25, 0.3) is 9.05 Å². The van der Waals surface area contributed by atoms with Gasteiger partial charge in [-0.2, -0.15) is 0 Å². The van der Waals surface area contributed by atoms with Gasteiger partial charge in [-0.05, 0) is 24.6 Å². The van der Waals surface area contributed by atoms with Crippen molar-refractivity contribution in [1.82, 2.24) is 0 Å². The normalized spacial score (nSPS) is 10.9. The number of benzene rings is 1. The van der Waals surface area contributed by atoms with Gasteiger partial charge in [-0.15, -0.1) is 12.3 Å². The quantitative estimate of drug-likeness (QED) is 0.476. The standard InChI is InChI=1S/C11H10Cl2O3S/c1-2-3-4-7-16-11-6-5-9(8-10(11)12)17(13,14)15/h1,5-6,8H,3-4,7H2. The molecule has 0 aromatic heterocycles. The molecule has 0 unspecified atom stereocenters. The van der Waals surface area contributed by atoms with E-state index < -0.39 is 9.05 Å². The Morgan fingerprint density at radius 3 is 2.65 bits per heavy atom. The minimum Gasteiger partial charge on any atom is -0.492 e. The highest BCUT2D eigenvalue weighted by atomic mass is 35.7. The topological polar surface area (TPSA) is 43.4 Å². The van der Waals surface area contributed by atoms with Gasteiger partial charge in [-0.3, -0.25) is 0 Å². The van der Waals surface area contributed by atoms with Gasteiger partial charge < -0.3 is 4.74 Å². The molecular formula is C11H10Cl2O3S. The van der Waals surface area contributed by atoms with Gasteiger partial charge in [-0.1, -0.05) is 11.6 Å². The molecule has 92 valence electrons. The van der Waals surface area contributed by atoms with Crippen LogP contribution in [-0.2, 0) is 9.05 Å². The van der Waals surface area contributed by atoms with Gasteiger partial charge in [0.1, 0.15) is 5.75 Å². The summed E-state index contributed by atoms with van der Waals surface area (Å²) in [6.45, 7) is 0.427. The first-order chi connectivity index (χ1) is 7.95. The van der Waals surface area contributed by atoms with Gasteiger partial charge in [0, 0.05) is 17.1 Å². The average molecular weight is 293 g/mol. The van der Waals surface area contributed by atoms with E-state index >= 15 is 0 Å². The second kappa shape index (κ2) is 6.15. The molecule has 0 heterocycles. The number of ether oxygens (including phenoxy) is 1. The number of unbranched alkanes of at least 4 members (excludes halogenated alkanes) is 1. The van der Waals surface area contributed by atoms with Crippen molar-refractivity contribution in [2.75, 3.05) is 6.61 Å². The lowest BCUT2D eigenvalue weighted by Gasteiger charge is -2.07. The van der Waals surface area contributed by atoms with E-state index in [9.17, 15) is 8.42 Å². The number of rotatable bonds is 5. The first-order valence-corrected chi connectivity index (χ1v) is 7.44. The second-order valence-electron chi connectivity index (χ2n) is 3.19. The van der Waals surface area contributed by atoms with E-state index in [0.29, 0.717) is 25.2 Å². The van der Waals surface area contributed by atoms with Crippen molar-refractivity contribution in [3.63, 3.8) is 0 Å². The maximum Gasteiger partial charge on any atom is 0.261 e. The molecular weight excluding hydrogens is 283 g/mol. The zero-order valence-electron chi connectivity index (χ0n) is 8.82. The molecule has 0 aliphatic carbocycles. The van der Waals surface area contributed by atoms with Crippen LogP contribution in [0.1, 0.15) is 12.8 Å². The average Bonchev–Trinajstić information content (AvgIpc) is 2.24. The third kappa shape index (κ3) is 4.47. The fourth-order valence-corrected chi connectivity index (χ4v) is 2.18. The van der Waals surface area contributed by atoms with Crippen molar-refractivity contribution in [1.29, 1.82) is 0 Å². The molecule has 1 rings (SSSR count). The Bertz CT molecular complexity index is 532. The Balaban J connectivity index is 2.74. The maximum atomic E-state index is 11.0. The van der Waals surface area contributed by atoms with E-state index in [-0.39, 0.29) is 9.92 Å². The molecule has 0 N–H and O–H groups in total. The van der Waals surface area contributed by atoms with E-state index in [0.717, 1.165) is 0 Å². The Labute approximate surface area is 110 Å². The highest BCUT2D eigenvalue weighted by Crippen LogP contribution is 2.28. The van der Waals surface area contributed by atoms with Crippen LogP contribution < -0.4 is 4.74 Å². The third-order valence-electron chi connectivity index (χ3n) is 1.91. The third-order valence-corrected chi connectivity index (χ3v) is 3.55. The molecule has 17 heavy (non-hydrogen) atoms. The largest absolute Gasteiger partial charge is 0.492 e. The molecule has 1 aromatic rings. The van der Waals surface area contributed by atoms with Crippen LogP contribution in [0, 0.1) is 12.3 Å². The van der Waals surface area contributed by atoms with E-state index in [4.69, 9.17) is 33.4 Å². The van der Waals surface area contributed by atoms with E-state index in [2.05, 4.69) is 5.92 Å². The minimum absolute atomic E-state index is 0.0554. The molecule has 0 radical (unpaired) electrons. The van der Waals surface area contributed by atoms with Crippen LogP contribution in [0.2, 0.25) is 5.02 Å². The molecule has 0 aliphatic rings. The van der Waals surface area contributed by atoms with Gasteiger partial charge >= 0.3 is 0 Å². The van der Waals surface area contributed by atoms with Crippen LogP contribution in [0.3, 0.4) is 0 Å². The summed E-state index contributed by atoms with van der Waals surface area (Å²) in [6, 6.07) is 4.05. The lowest BCUT2D eigenvalue weighted by Crippen LogP contribution is -1.98. The molecule has 1 aromatic carbocycles. The zero-order valence-corrected chi connectivity index (χ0v) is 11.1. The summed E-state index contributed by atoms with van der Waals surface area (Å²) in [5.41, 5.74) is 0. The predicted molar refractivity (Wildman–Crippen MR) is 68.1 cm³/mol. The fraction of sp³-hybridized carbons (Fsp3) is 0.273. The molecule has 0 bridgehead atoms. The molecule has 6 heteroatoms. The van der Waals surface area contributed by atoms with Crippen LogP contribution in [-0.4, -0.2) is 15.0 Å². The summed E-state index contributed by atoms with van der Waals surface area (Å²) in [4.78, 5) is -0.0554. The Hall–Kier alpha value is -0.890. The molecule has 0 fully saturated rings. The van der Waals surface area contributed by atoms with Gasteiger partial charge in [0.05, 0.1) is 16.5 Å². The summed E-state index contributed by atoms with van der Waals surface area (Å²) in [6.07, 6.45) is 6.42. The molecule has 0 amide bonds. The molecule has 0 atom stereocenters. The van der Waals surface area contributed by atoms with Crippen LogP contribution in [0.25, 0.3) is 0 Å². The number of halogens is 2. The number of hydrogen-bond donors (Lipinski definition) is 0. The Kier molecular flexibility index (Phi) is 5.13. The summed E-state index contributed by atoms with van der Waals surface area (Å²) < 4.78 is 27.4. The SMILES string of the molecule is C#CCCCOc1ccc(S(=O)(=O)Cl)cc1Cl. The monoisotopic (exact) mass is 292 g/mol. The van der Waals surface area contributed by atoms with E-state index in [1.54, 1.807) is 0 Å². The summed E-state index contributed by atoms with van der Waals surface area (Å²) in [5, 5.41) is 0.201. The number of terminal acetylenes is 1. The van der Waals surface area contributed by atoms with Crippen molar-refractivity contribution >= 4 is 31.3 Å². The fourth-order valence-electron chi connectivity index (χ4n) is 1.11. The Morgan fingerprint density at radius 1 is 1.41 bits per heavy atom. The van der Waals surface area contributed by atoms with Gasteiger partial charge in [0.15, 0.2) is 0 Å². The summed E-state index contributed by atoms with van der Waals surface area (Å²) in [7, 11) is 1.41. The second-order valence-corrected chi connectivity index (χ2v) is 6.16. The first kappa shape index (κ1) is 14.2. The van der Waals surface area contributed by atoms with E-state index in [1.165, 1.54) is 18.2 Å². The van der Waals surface area contributed by atoms with Crippen molar-refractivity contribution in [2.24, 2.45) is 0 Å². The highest BCUT2D eigenvalue weighted by molar-refractivity contribution is 8.13. The molecule has 3 nitrogen and oxygen atoms in total. The van der Waals surface area contributed by atoms with Crippen molar-refractivity contribution in [2.45, 2.75) is 17.7 Å². The molecule has 0 saturated carbocycles. The summed E-state index contributed by atoms with van der Waals surface area (Å²) >= 11 is 5.86.